The fourth-order valence-corrected chi connectivity index (χ4v) is 2.07. The smallest absolute Gasteiger partial charge is 0.323 e. The number of hydrogen-bond acceptors (Lipinski definition) is 2. The highest BCUT2D eigenvalue weighted by molar-refractivity contribution is 5.80. The number of rotatable bonds is 1. The minimum Gasteiger partial charge on any atom is -0.480 e. The summed E-state index contributed by atoms with van der Waals surface area (Å²) >= 11 is 0. The number of carbonyl (C=O) groups is 1. The van der Waals surface area contributed by atoms with Crippen LogP contribution in [0.3, 0.4) is 0 Å². The van der Waals surface area contributed by atoms with Crippen LogP contribution in [0, 0.1) is 11.8 Å². The monoisotopic (exact) mass is 141 g/mol. The lowest BCUT2D eigenvalue weighted by Crippen LogP contribution is -2.48. The van der Waals surface area contributed by atoms with Gasteiger partial charge in [-0.05, 0) is 31.1 Å². The molecule has 3 N–H and O–H groups in total. The molecule has 3 nitrogen and oxygen atoms in total. The Bertz CT molecular complexity index is 192. The van der Waals surface area contributed by atoms with Gasteiger partial charge in [-0.15, -0.1) is 0 Å². The van der Waals surface area contributed by atoms with E-state index in [0.29, 0.717) is 18.3 Å². The Labute approximate surface area is 59.2 Å². The van der Waals surface area contributed by atoms with E-state index in [4.69, 9.17) is 10.8 Å². The van der Waals surface area contributed by atoms with Gasteiger partial charge in [-0.25, -0.2) is 0 Å². The van der Waals surface area contributed by atoms with Gasteiger partial charge in [0.05, 0.1) is 0 Å². The summed E-state index contributed by atoms with van der Waals surface area (Å²) in [5.41, 5.74) is 4.83. The lowest BCUT2D eigenvalue weighted by molar-refractivity contribution is -0.143. The molecule has 0 radical (unpaired) electrons. The molecular weight excluding hydrogens is 130 g/mol. The SMILES string of the molecule is N[C@]1(C(=O)O)CC[C@H]2C[C@H]21. The van der Waals surface area contributed by atoms with Crippen molar-refractivity contribution in [2.45, 2.75) is 24.8 Å². The van der Waals surface area contributed by atoms with Crippen molar-refractivity contribution in [3.8, 4) is 0 Å². The standard InChI is InChI=1S/C7H11NO2/c8-7(6(9)10)2-1-4-3-5(4)7/h4-5H,1-3,8H2,(H,9,10)/t4-,5+,7+/m0/s1. The van der Waals surface area contributed by atoms with Crippen LogP contribution in [0.4, 0.5) is 0 Å². The molecule has 2 rings (SSSR count). The van der Waals surface area contributed by atoms with Gasteiger partial charge in [0.1, 0.15) is 5.54 Å². The summed E-state index contributed by atoms with van der Waals surface area (Å²) in [4.78, 5) is 10.6. The van der Waals surface area contributed by atoms with E-state index in [1.165, 1.54) is 0 Å². The molecule has 0 aromatic carbocycles. The van der Waals surface area contributed by atoms with Gasteiger partial charge in [0, 0.05) is 0 Å². The zero-order valence-corrected chi connectivity index (χ0v) is 5.71. The van der Waals surface area contributed by atoms with Crippen molar-refractivity contribution in [3.05, 3.63) is 0 Å². The molecule has 10 heavy (non-hydrogen) atoms. The average molecular weight is 141 g/mol. The van der Waals surface area contributed by atoms with Crippen LogP contribution in [-0.2, 0) is 4.79 Å². The molecule has 0 bridgehead atoms. The van der Waals surface area contributed by atoms with Gasteiger partial charge in [0.25, 0.3) is 0 Å². The van der Waals surface area contributed by atoms with Crippen LogP contribution < -0.4 is 5.73 Å². The third kappa shape index (κ3) is 0.560. The first-order chi connectivity index (χ1) is 4.64. The largest absolute Gasteiger partial charge is 0.480 e. The molecule has 2 fully saturated rings. The van der Waals surface area contributed by atoms with E-state index in [1.54, 1.807) is 0 Å². The first kappa shape index (κ1) is 6.16. The predicted molar refractivity (Wildman–Crippen MR) is 35.4 cm³/mol. The lowest BCUT2D eigenvalue weighted by Gasteiger charge is -2.19. The van der Waals surface area contributed by atoms with Crippen molar-refractivity contribution < 1.29 is 9.90 Å². The second kappa shape index (κ2) is 1.53. The van der Waals surface area contributed by atoms with E-state index in [0.717, 1.165) is 12.8 Å². The summed E-state index contributed by atoms with van der Waals surface area (Å²) in [6.07, 6.45) is 2.74. The molecule has 0 heterocycles. The Balaban J connectivity index is 2.21. The number of carboxylic acids is 1. The summed E-state index contributed by atoms with van der Waals surface area (Å²) in [5.74, 6) is 0.128. The summed E-state index contributed by atoms with van der Waals surface area (Å²) in [5, 5.41) is 8.74. The van der Waals surface area contributed by atoms with E-state index in [1.807, 2.05) is 0 Å². The molecule has 0 aromatic rings. The van der Waals surface area contributed by atoms with Gasteiger partial charge in [0.15, 0.2) is 0 Å². The lowest BCUT2D eigenvalue weighted by atomic mass is 9.95. The maximum absolute atomic E-state index is 10.6. The van der Waals surface area contributed by atoms with E-state index in [2.05, 4.69) is 0 Å². The van der Waals surface area contributed by atoms with Gasteiger partial charge in [-0.3, -0.25) is 4.79 Å². The van der Waals surface area contributed by atoms with Crippen molar-refractivity contribution >= 4 is 5.97 Å². The van der Waals surface area contributed by atoms with Crippen LogP contribution in [-0.4, -0.2) is 16.6 Å². The zero-order valence-electron chi connectivity index (χ0n) is 5.71. The fraction of sp³-hybridized carbons (Fsp3) is 0.857. The Morgan fingerprint density at radius 3 is 2.60 bits per heavy atom. The van der Waals surface area contributed by atoms with Crippen molar-refractivity contribution in [1.82, 2.24) is 0 Å². The first-order valence-corrected chi connectivity index (χ1v) is 3.67. The van der Waals surface area contributed by atoms with Crippen molar-refractivity contribution in [3.63, 3.8) is 0 Å². The Kier molecular flexibility index (Phi) is 0.944. The molecule has 0 aromatic heterocycles. The highest BCUT2D eigenvalue weighted by atomic mass is 16.4. The number of hydrogen-bond donors (Lipinski definition) is 2. The van der Waals surface area contributed by atoms with Crippen molar-refractivity contribution in [1.29, 1.82) is 0 Å². The molecule has 0 saturated heterocycles. The summed E-state index contributed by atoms with van der Waals surface area (Å²) < 4.78 is 0. The Hall–Kier alpha value is -0.570. The Morgan fingerprint density at radius 1 is 1.70 bits per heavy atom. The minimum atomic E-state index is -0.856. The third-order valence-electron chi connectivity index (χ3n) is 2.91. The fourth-order valence-electron chi connectivity index (χ4n) is 2.07. The van der Waals surface area contributed by atoms with Crippen LogP contribution in [0.15, 0.2) is 0 Å². The molecule has 2 aliphatic rings. The highest BCUT2D eigenvalue weighted by Crippen LogP contribution is 2.56. The van der Waals surface area contributed by atoms with Crippen LogP contribution in [0.1, 0.15) is 19.3 Å². The maximum Gasteiger partial charge on any atom is 0.323 e. The molecule has 3 atom stereocenters. The van der Waals surface area contributed by atoms with Crippen molar-refractivity contribution in [2.24, 2.45) is 17.6 Å². The van der Waals surface area contributed by atoms with E-state index < -0.39 is 11.5 Å². The minimum absolute atomic E-state index is 0.296. The summed E-state index contributed by atoms with van der Waals surface area (Å²) in [6, 6.07) is 0. The van der Waals surface area contributed by atoms with Gasteiger partial charge in [-0.1, -0.05) is 0 Å². The second-order valence-electron chi connectivity index (χ2n) is 3.49. The summed E-state index contributed by atoms with van der Waals surface area (Å²) in [7, 11) is 0. The van der Waals surface area contributed by atoms with E-state index >= 15 is 0 Å². The normalized spacial score (nSPS) is 50.5. The zero-order chi connectivity index (χ0) is 7.35. The highest BCUT2D eigenvalue weighted by Gasteiger charge is 2.59. The molecule has 56 valence electrons. The molecular formula is C7H11NO2. The maximum atomic E-state index is 10.6. The molecule has 0 unspecified atom stereocenters. The molecule has 0 spiro atoms. The number of carboxylic acid groups (broad SMARTS) is 1. The first-order valence-electron chi connectivity index (χ1n) is 3.67. The summed E-state index contributed by atoms with van der Waals surface area (Å²) in [6.45, 7) is 0. The van der Waals surface area contributed by atoms with Gasteiger partial charge < -0.3 is 10.8 Å². The molecule has 3 heteroatoms. The number of nitrogens with two attached hydrogens (primary N) is 1. The second-order valence-corrected chi connectivity index (χ2v) is 3.49. The topological polar surface area (TPSA) is 63.3 Å². The predicted octanol–water partition coefficient (Wildman–Crippen LogP) is 0.198. The Morgan fingerprint density at radius 2 is 2.40 bits per heavy atom. The van der Waals surface area contributed by atoms with E-state index in [9.17, 15) is 4.79 Å². The van der Waals surface area contributed by atoms with Gasteiger partial charge in [0.2, 0.25) is 0 Å². The molecule has 2 saturated carbocycles. The molecule has 2 aliphatic carbocycles. The van der Waals surface area contributed by atoms with Crippen LogP contribution in [0.2, 0.25) is 0 Å². The average Bonchev–Trinajstić information content (AvgIpc) is 2.56. The van der Waals surface area contributed by atoms with Gasteiger partial charge >= 0.3 is 5.97 Å². The van der Waals surface area contributed by atoms with Crippen LogP contribution in [0.5, 0.6) is 0 Å². The quantitative estimate of drug-likeness (QED) is 0.548. The molecule has 0 amide bonds. The third-order valence-corrected chi connectivity index (χ3v) is 2.91. The van der Waals surface area contributed by atoms with Gasteiger partial charge in [-0.2, -0.15) is 0 Å². The number of fused-ring (bicyclic) bond motifs is 1. The van der Waals surface area contributed by atoms with E-state index in [-0.39, 0.29) is 0 Å². The molecule has 0 aliphatic heterocycles. The van der Waals surface area contributed by atoms with Crippen LogP contribution >= 0.6 is 0 Å². The van der Waals surface area contributed by atoms with Crippen molar-refractivity contribution in [2.75, 3.05) is 0 Å². The number of aliphatic carboxylic acids is 1. The van der Waals surface area contributed by atoms with Crippen LogP contribution in [0.25, 0.3) is 0 Å².